The Hall–Kier alpha value is -3.01. The van der Waals surface area contributed by atoms with Gasteiger partial charge in [-0.3, -0.25) is 18.7 Å². The number of anilines is 1. The molecule has 0 aliphatic carbocycles. The number of aromatic nitrogens is 3. The first kappa shape index (κ1) is 21.8. The molecule has 1 aliphatic heterocycles. The van der Waals surface area contributed by atoms with Crippen molar-refractivity contribution in [2.45, 2.75) is 39.0 Å². The molecule has 1 atom stereocenters. The number of carbonyl (C=O) groups excluding carboxylic acids is 1. The summed E-state index contributed by atoms with van der Waals surface area (Å²) in [7, 11) is 0. The van der Waals surface area contributed by atoms with Crippen LogP contribution in [0.15, 0.2) is 46.1 Å². The summed E-state index contributed by atoms with van der Waals surface area (Å²) in [6.07, 6.45) is 3.11. The van der Waals surface area contributed by atoms with Crippen molar-refractivity contribution in [3.63, 3.8) is 0 Å². The lowest BCUT2D eigenvalue weighted by atomic mass is 10.2. The van der Waals surface area contributed by atoms with Crippen molar-refractivity contribution in [3.05, 3.63) is 68.0 Å². The highest BCUT2D eigenvalue weighted by atomic mass is 35.5. The Bertz CT molecular complexity index is 1500. The summed E-state index contributed by atoms with van der Waals surface area (Å²) < 4.78 is 8.57. The summed E-state index contributed by atoms with van der Waals surface area (Å²) in [5.41, 5.74) is 0.922. The van der Waals surface area contributed by atoms with Gasteiger partial charge < -0.3 is 10.1 Å². The average molecular weight is 485 g/mol. The minimum atomic E-state index is -0.545. The van der Waals surface area contributed by atoms with Crippen molar-refractivity contribution in [2.24, 2.45) is 0 Å². The third-order valence-electron chi connectivity index (χ3n) is 5.72. The Labute approximate surface area is 197 Å². The fraction of sp³-hybridized carbons (Fsp3) is 0.304. The van der Waals surface area contributed by atoms with E-state index in [1.54, 1.807) is 30.5 Å². The fourth-order valence-electron chi connectivity index (χ4n) is 4.14. The maximum atomic E-state index is 13.5. The number of amides is 1. The highest BCUT2D eigenvalue weighted by Crippen LogP contribution is 2.29. The van der Waals surface area contributed by atoms with Gasteiger partial charge in [-0.2, -0.15) is 0 Å². The van der Waals surface area contributed by atoms with Crippen LogP contribution in [0.1, 0.15) is 18.4 Å². The predicted molar refractivity (Wildman–Crippen MR) is 129 cm³/mol. The molecule has 0 unspecified atom stereocenters. The molecule has 5 rings (SSSR count). The van der Waals surface area contributed by atoms with E-state index in [-0.39, 0.29) is 24.8 Å². The lowest BCUT2D eigenvalue weighted by Crippen LogP contribution is -2.43. The number of fused-ring (bicyclic) bond motifs is 3. The van der Waals surface area contributed by atoms with Crippen molar-refractivity contribution in [1.82, 2.24) is 14.1 Å². The number of aryl methyl sites for hydroxylation is 1. The second-order valence-corrected chi connectivity index (χ2v) is 9.49. The highest BCUT2D eigenvalue weighted by molar-refractivity contribution is 7.25. The third-order valence-corrected chi connectivity index (χ3v) is 7.13. The molecule has 1 amide bonds. The number of nitrogens with one attached hydrogen (secondary N) is 1. The Morgan fingerprint density at radius 2 is 2.15 bits per heavy atom. The summed E-state index contributed by atoms with van der Waals surface area (Å²) in [6.45, 7) is 2.40. The van der Waals surface area contributed by atoms with Crippen LogP contribution >= 0.6 is 22.9 Å². The fourth-order valence-corrected chi connectivity index (χ4v) is 5.52. The Balaban J connectivity index is 1.61. The van der Waals surface area contributed by atoms with Crippen LogP contribution in [0.25, 0.3) is 20.4 Å². The van der Waals surface area contributed by atoms with Gasteiger partial charge >= 0.3 is 5.69 Å². The summed E-state index contributed by atoms with van der Waals surface area (Å²) in [5, 5.41) is 3.85. The normalized spacial score (nSPS) is 16.0. The number of ether oxygens (including phenoxy) is 1. The Morgan fingerprint density at radius 1 is 1.30 bits per heavy atom. The molecule has 0 spiro atoms. The van der Waals surface area contributed by atoms with Crippen LogP contribution in [0.4, 0.5) is 5.69 Å². The molecule has 1 N–H and O–H groups in total. The molecule has 1 fully saturated rings. The van der Waals surface area contributed by atoms with E-state index < -0.39 is 11.6 Å². The average Bonchev–Trinajstić information content (AvgIpc) is 3.44. The Kier molecular flexibility index (Phi) is 5.77. The van der Waals surface area contributed by atoms with Crippen LogP contribution in [-0.2, 0) is 22.6 Å². The van der Waals surface area contributed by atoms with Crippen molar-refractivity contribution in [1.29, 1.82) is 0 Å². The molecule has 1 aromatic carbocycles. The zero-order valence-electron chi connectivity index (χ0n) is 17.8. The van der Waals surface area contributed by atoms with Crippen molar-refractivity contribution in [2.75, 3.05) is 11.9 Å². The van der Waals surface area contributed by atoms with E-state index in [2.05, 4.69) is 10.3 Å². The van der Waals surface area contributed by atoms with E-state index in [4.69, 9.17) is 16.3 Å². The zero-order chi connectivity index (χ0) is 23.1. The lowest BCUT2D eigenvalue weighted by molar-refractivity contribution is -0.116. The van der Waals surface area contributed by atoms with Gasteiger partial charge in [0, 0.05) is 18.2 Å². The summed E-state index contributed by atoms with van der Waals surface area (Å²) >= 11 is 7.48. The zero-order valence-corrected chi connectivity index (χ0v) is 19.4. The van der Waals surface area contributed by atoms with Crippen LogP contribution in [0.5, 0.6) is 0 Å². The first-order valence-corrected chi connectivity index (χ1v) is 11.8. The maximum Gasteiger partial charge on any atom is 0.332 e. The molecule has 4 aromatic rings. The molecule has 1 saturated heterocycles. The number of hydrogen-bond donors (Lipinski definition) is 1. The molecule has 0 bridgehead atoms. The van der Waals surface area contributed by atoms with Crippen molar-refractivity contribution in [3.8, 4) is 0 Å². The van der Waals surface area contributed by atoms with Gasteiger partial charge in [-0.1, -0.05) is 17.7 Å². The third kappa shape index (κ3) is 4.07. The second-order valence-electron chi connectivity index (χ2n) is 8.09. The van der Waals surface area contributed by atoms with Crippen LogP contribution in [-0.4, -0.2) is 32.7 Å². The quantitative estimate of drug-likeness (QED) is 0.467. The summed E-state index contributed by atoms with van der Waals surface area (Å²) in [6, 6.07) is 8.85. The smallest absolute Gasteiger partial charge is 0.332 e. The van der Waals surface area contributed by atoms with Gasteiger partial charge in [0.2, 0.25) is 5.91 Å². The van der Waals surface area contributed by atoms with Crippen LogP contribution in [0, 0.1) is 6.92 Å². The number of nitrogens with zero attached hydrogens (tertiary/aromatic N) is 3. The number of pyridine rings is 1. The van der Waals surface area contributed by atoms with Gasteiger partial charge in [-0.05, 0) is 49.6 Å². The van der Waals surface area contributed by atoms with Gasteiger partial charge in [-0.25, -0.2) is 9.78 Å². The van der Waals surface area contributed by atoms with Crippen molar-refractivity contribution < 1.29 is 9.53 Å². The predicted octanol–water partition coefficient (Wildman–Crippen LogP) is 3.55. The highest BCUT2D eigenvalue weighted by Gasteiger charge is 2.24. The molecule has 0 saturated carbocycles. The number of hydrogen-bond acceptors (Lipinski definition) is 6. The van der Waals surface area contributed by atoms with Crippen LogP contribution < -0.4 is 16.6 Å². The molecule has 0 radical (unpaired) electrons. The van der Waals surface area contributed by atoms with E-state index >= 15 is 0 Å². The van der Waals surface area contributed by atoms with E-state index in [1.807, 2.05) is 13.0 Å². The first-order valence-electron chi connectivity index (χ1n) is 10.6. The number of benzene rings is 1. The number of thiophene rings is 1. The standard InChI is InChI=1S/C23H21ClN4O4S/c1-13-6-7-17(16(24)10-13)26-18(29)12-27-19-15-5-2-8-25-21(15)33-20(19)22(30)28(23(27)31)11-14-4-3-9-32-14/h2,5-8,10,14H,3-4,9,11-12H2,1H3,(H,26,29)/t14-/m0/s1. The second kappa shape index (κ2) is 8.74. The molecule has 3 aromatic heterocycles. The maximum absolute atomic E-state index is 13.5. The van der Waals surface area contributed by atoms with E-state index in [1.165, 1.54) is 20.5 Å². The molecule has 8 nitrogen and oxygen atoms in total. The van der Waals surface area contributed by atoms with E-state index in [9.17, 15) is 14.4 Å². The van der Waals surface area contributed by atoms with Crippen LogP contribution in [0.3, 0.4) is 0 Å². The Morgan fingerprint density at radius 3 is 2.91 bits per heavy atom. The van der Waals surface area contributed by atoms with Gasteiger partial charge in [0.1, 0.15) is 16.1 Å². The monoisotopic (exact) mass is 484 g/mol. The first-order chi connectivity index (χ1) is 15.9. The molecular weight excluding hydrogens is 464 g/mol. The molecular formula is C23H21ClN4O4S. The SMILES string of the molecule is Cc1ccc(NC(=O)Cn2c(=O)n(C[C@@H]3CCCO3)c(=O)c3sc4ncccc4c32)c(Cl)c1. The minimum Gasteiger partial charge on any atom is -0.376 e. The molecule has 10 heteroatoms. The summed E-state index contributed by atoms with van der Waals surface area (Å²) in [4.78, 5) is 44.7. The molecule has 33 heavy (non-hydrogen) atoms. The van der Waals surface area contributed by atoms with Gasteiger partial charge in [0.25, 0.3) is 5.56 Å². The van der Waals surface area contributed by atoms with Crippen LogP contribution in [0.2, 0.25) is 5.02 Å². The lowest BCUT2D eigenvalue weighted by Gasteiger charge is -2.15. The number of halogens is 1. The molecule has 4 heterocycles. The summed E-state index contributed by atoms with van der Waals surface area (Å²) in [5.74, 6) is -0.422. The van der Waals surface area contributed by atoms with E-state index in [0.717, 1.165) is 18.4 Å². The topological polar surface area (TPSA) is 95.2 Å². The van der Waals surface area contributed by atoms with Gasteiger partial charge in [0.15, 0.2) is 0 Å². The van der Waals surface area contributed by atoms with Gasteiger partial charge in [0.05, 0.1) is 28.9 Å². The number of carbonyl (C=O) groups is 1. The van der Waals surface area contributed by atoms with Crippen molar-refractivity contribution >= 4 is 55.0 Å². The molecule has 170 valence electrons. The van der Waals surface area contributed by atoms with E-state index in [0.29, 0.717) is 37.8 Å². The number of rotatable bonds is 5. The van der Waals surface area contributed by atoms with Gasteiger partial charge in [-0.15, -0.1) is 11.3 Å². The molecule has 1 aliphatic rings. The minimum absolute atomic E-state index is 0.153. The largest absolute Gasteiger partial charge is 0.376 e.